The predicted octanol–water partition coefficient (Wildman–Crippen LogP) is 8.67. The third-order valence-corrected chi connectivity index (χ3v) is 5.92. The lowest BCUT2D eigenvalue weighted by molar-refractivity contribution is 1.13. The fourth-order valence-corrected chi connectivity index (χ4v) is 4.50. The van der Waals surface area contributed by atoms with E-state index in [9.17, 15) is 2.74 Å². The largest absolute Gasteiger partial charge is 0.291 e. The van der Waals surface area contributed by atoms with Crippen molar-refractivity contribution in [3.63, 3.8) is 0 Å². The second-order valence-electron chi connectivity index (χ2n) is 7.85. The Morgan fingerprint density at radius 3 is 1.80 bits per heavy atom. The maximum absolute atomic E-state index is 9.21. The fourth-order valence-electron chi connectivity index (χ4n) is 4.50. The lowest BCUT2D eigenvalue weighted by Crippen LogP contribution is -2.01. The van der Waals surface area contributed by atoms with E-state index in [1.165, 1.54) is 4.57 Å². The number of imidazole rings is 1. The van der Waals surface area contributed by atoms with Crippen molar-refractivity contribution in [1.29, 1.82) is 0 Å². The van der Waals surface area contributed by atoms with Gasteiger partial charge in [-0.15, -0.1) is 0 Å². The summed E-state index contributed by atoms with van der Waals surface area (Å²) in [6, 6.07) is 7.89. The minimum Gasteiger partial charge on any atom is -0.291 e. The van der Waals surface area contributed by atoms with Crippen LogP contribution in [0.2, 0.25) is 0 Å². The number of fused-ring (bicyclic) bond motifs is 3. The van der Waals surface area contributed by atoms with Crippen LogP contribution < -0.4 is 0 Å². The second-order valence-corrected chi connectivity index (χ2v) is 7.85. The van der Waals surface area contributed by atoms with Gasteiger partial charge in [-0.25, -0.2) is 4.98 Å². The first kappa shape index (κ1) is 10.7. The van der Waals surface area contributed by atoms with Crippen molar-refractivity contribution in [3.05, 3.63) is 133 Å². The summed E-state index contributed by atoms with van der Waals surface area (Å²) >= 11 is 0. The van der Waals surface area contributed by atoms with Crippen LogP contribution in [0.4, 0.5) is 0 Å². The van der Waals surface area contributed by atoms with Gasteiger partial charge in [0.1, 0.15) is 5.82 Å². The Hall–Kier alpha value is -4.69. The molecule has 0 fully saturated rings. The van der Waals surface area contributed by atoms with Gasteiger partial charge in [0.2, 0.25) is 0 Å². The van der Waals surface area contributed by atoms with Crippen LogP contribution in [0.1, 0.15) is 17.8 Å². The monoisotopic (exact) mass is 459 g/mol. The SMILES string of the molecule is [2H]c1c([2H])c([2H])c(-c2nc3ccccc3n2-c2c3c([2H])c([2H])c([2H])c([2H])c3c(-c3ccccc3)c3c([2H])c([2H])c([2H])c([2H])c23)c([2H])c1[2H]. The summed E-state index contributed by atoms with van der Waals surface area (Å²) in [5.41, 5.74) is 0.803. The Bertz CT molecular complexity index is 2430. The van der Waals surface area contributed by atoms with E-state index in [4.69, 9.17) is 15.1 Å². The quantitative estimate of drug-likeness (QED) is 0.242. The molecule has 1 aromatic heterocycles. The summed E-state index contributed by atoms with van der Waals surface area (Å²) in [5, 5.41) is -0.252. The van der Waals surface area contributed by atoms with Gasteiger partial charge in [0.25, 0.3) is 0 Å². The third-order valence-electron chi connectivity index (χ3n) is 5.92. The molecule has 164 valence electrons. The maximum Gasteiger partial charge on any atom is 0.145 e. The lowest BCUT2D eigenvalue weighted by atomic mass is 9.90. The molecule has 2 nitrogen and oxygen atoms in total. The summed E-state index contributed by atoms with van der Waals surface area (Å²) in [4.78, 5) is 4.68. The molecule has 0 bridgehead atoms. The van der Waals surface area contributed by atoms with Crippen LogP contribution in [0, 0.1) is 0 Å². The molecule has 0 aliphatic carbocycles. The first-order valence-electron chi connectivity index (χ1n) is 17.4. The number of benzene rings is 6. The van der Waals surface area contributed by atoms with Gasteiger partial charge in [0, 0.05) is 16.3 Å². The molecule has 0 saturated carbocycles. The van der Waals surface area contributed by atoms with E-state index in [-0.39, 0.29) is 44.2 Å². The molecule has 0 unspecified atom stereocenters. The molecule has 0 spiro atoms. The molecule has 7 rings (SSSR count). The zero-order valence-corrected chi connectivity index (χ0v) is 18.1. The Balaban J connectivity index is 1.88. The van der Waals surface area contributed by atoms with E-state index in [1.54, 1.807) is 54.6 Å². The maximum atomic E-state index is 9.21. The Labute approximate surface area is 222 Å². The van der Waals surface area contributed by atoms with Gasteiger partial charge in [-0.05, 0) is 34.0 Å². The Morgan fingerprint density at radius 1 is 0.543 bits per heavy atom. The molecule has 1 heterocycles. The van der Waals surface area contributed by atoms with Crippen molar-refractivity contribution >= 4 is 32.6 Å². The number of hydrogen-bond acceptors (Lipinski definition) is 1. The highest BCUT2D eigenvalue weighted by molar-refractivity contribution is 6.18. The summed E-state index contributed by atoms with van der Waals surface area (Å²) in [5.74, 6) is -0.178. The summed E-state index contributed by atoms with van der Waals surface area (Å²) < 4.78 is 115. The number of rotatable bonds is 3. The van der Waals surface area contributed by atoms with E-state index in [0.29, 0.717) is 16.6 Å². The topological polar surface area (TPSA) is 17.8 Å². The number of nitrogens with zero attached hydrogens (tertiary/aromatic N) is 2. The second kappa shape index (κ2) is 7.96. The lowest BCUT2D eigenvalue weighted by Gasteiger charge is -2.20. The molecule has 0 radical (unpaired) electrons. The van der Waals surface area contributed by atoms with Crippen molar-refractivity contribution in [2.45, 2.75) is 0 Å². The fraction of sp³-hybridized carbons (Fsp3) is 0. The van der Waals surface area contributed by atoms with E-state index >= 15 is 0 Å². The first-order chi connectivity index (χ1) is 22.8. The molecule has 7 aromatic rings. The average Bonchev–Trinajstić information content (AvgIpc) is 3.47. The van der Waals surface area contributed by atoms with Crippen LogP contribution in [-0.2, 0) is 0 Å². The molecule has 0 aliphatic rings. The van der Waals surface area contributed by atoms with Crippen molar-refractivity contribution in [1.82, 2.24) is 9.55 Å². The molecule has 0 saturated heterocycles. The molecule has 35 heavy (non-hydrogen) atoms. The Kier molecular flexibility index (Phi) is 2.44. The molecular weight excluding hydrogens is 424 g/mol. The standard InChI is InChI=1S/C33H22N2/c1-3-13-23(14-4-1)31-25-17-7-9-19-27(25)32(28-20-10-8-18-26(28)31)35-30-22-12-11-21-29(30)34-33(35)24-15-5-2-6-16-24/h1-22H/i2D,5D,6D,7D,8D,9D,10D,15D,16D,17D,18D,19D,20D. The zero-order valence-electron chi connectivity index (χ0n) is 31.1. The molecule has 0 amide bonds. The number of aromatic nitrogens is 2. The van der Waals surface area contributed by atoms with Gasteiger partial charge in [0.15, 0.2) is 0 Å². The highest BCUT2D eigenvalue weighted by atomic mass is 15.1. The van der Waals surface area contributed by atoms with Crippen LogP contribution in [0.25, 0.3) is 60.8 Å². The van der Waals surface area contributed by atoms with Crippen molar-refractivity contribution in [2.75, 3.05) is 0 Å². The van der Waals surface area contributed by atoms with Crippen molar-refractivity contribution in [2.24, 2.45) is 0 Å². The highest BCUT2D eigenvalue weighted by Crippen LogP contribution is 2.43. The molecule has 0 aliphatic heterocycles. The summed E-state index contributed by atoms with van der Waals surface area (Å²) in [7, 11) is 0. The molecular formula is C33H22N2. The van der Waals surface area contributed by atoms with Gasteiger partial charge >= 0.3 is 0 Å². The Morgan fingerprint density at radius 2 is 1.11 bits per heavy atom. The average molecular weight is 460 g/mol. The zero-order chi connectivity index (χ0) is 34.5. The van der Waals surface area contributed by atoms with Crippen LogP contribution in [-0.4, -0.2) is 9.55 Å². The first-order valence-corrected chi connectivity index (χ1v) is 10.9. The van der Waals surface area contributed by atoms with Crippen LogP contribution in [0.5, 0.6) is 0 Å². The van der Waals surface area contributed by atoms with Gasteiger partial charge in [0.05, 0.1) is 34.5 Å². The molecule has 0 atom stereocenters. The van der Waals surface area contributed by atoms with Gasteiger partial charge in [-0.2, -0.15) is 0 Å². The molecule has 0 N–H and O–H groups in total. The number of hydrogen-bond donors (Lipinski definition) is 0. The van der Waals surface area contributed by atoms with Crippen molar-refractivity contribution in [3.8, 4) is 28.2 Å². The minimum atomic E-state index is -0.623. The molecule has 2 heteroatoms. The van der Waals surface area contributed by atoms with Crippen molar-refractivity contribution < 1.29 is 17.8 Å². The summed E-state index contributed by atoms with van der Waals surface area (Å²) in [6.07, 6.45) is 0. The van der Waals surface area contributed by atoms with Crippen LogP contribution >= 0.6 is 0 Å². The smallest absolute Gasteiger partial charge is 0.145 e. The van der Waals surface area contributed by atoms with E-state index < -0.39 is 78.6 Å². The normalized spacial score (nSPS) is 16.6. The van der Waals surface area contributed by atoms with Crippen LogP contribution in [0.3, 0.4) is 0 Å². The predicted molar refractivity (Wildman–Crippen MR) is 147 cm³/mol. The third kappa shape index (κ3) is 3.08. The highest BCUT2D eigenvalue weighted by Gasteiger charge is 2.21. The van der Waals surface area contributed by atoms with Gasteiger partial charge in [-0.3, -0.25) is 4.57 Å². The summed E-state index contributed by atoms with van der Waals surface area (Å²) in [6.45, 7) is 0. The van der Waals surface area contributed by atoms with E-state index in [2.05, 4.69) is 4.98 Å². The van der Waals surface area contributed by atoms with Crippen LogP contribution in [0.15, 0.2) is 133 Å². The van der Waals surface area contributed by atoms with E-state index in [0.717, 1.165) is 0 Å². The van der Waals surface area contributed by atoms with Gasteiger partial charge in [-0.1, -0.05) is 121 Å². The number of para-hydroxylation sites is 2. The van der Waals surface area contributed by atoms with E-state index in [1.807, 2.05) is 0 Å². The van der Waals surface area contributed by atoms with Gasteiger partial charge < -0.3 is 0 Å². The minimum absolute atomic E-state index is 0.0236. The molecule has 6 aromatic carbocycles.